The van der Waals surface area contributed by atoms with Crippen LogP contribution in [0.2, 0.25) is 0 Å². The highest BCUT2D eigenvalue weighted by Gasteiger charge is 2.34. The van der Waals surface area contributed by atoms with Gasteiger partial charge in [0, 0.05) is 12.6 Å². The van der Waals surface area contributed by atoms with Gasteiger partial charge in [0.1, 0.15) is 0 Å². The molecule has 1 saturated heterocycles. The van der Waals surface area contributed by atoms with E-state index in [1.807, 2.05) is 13.0 Å². The van der Waals surface area contributed by atoms with Crippen molar-refractivity contribution < 1.29 is 8.42 Å². The molecule has 1 aliphatic heterocycles. The third-order valence-electron chi connectivity index (χ3n) is 3.61. The maximum atomic E-state index is 12.5. The van der Waals surface area contributed by atoms with E-state index in [4.69, 9.17) is 5.73 Å². The van der Waals surface area contributed by atoms with E-state index in [1.165, 1.54) is 0 Å². The number of piperidine rings is 1. The first-order valence-corrected chi connectivity index (χ1v) is 7.76. The molecule has 2 atom stereocenters. The van der Waals surface area contributed by atoms with Crippen molar-refractivity contribution >= 4 is 10.0 Å². The van der Waals surface area contributed by atoms with Crippen LogP contribution in [-0.2, 0) is 10.0 Å². The van der Waals surface area contributed by atoms with Crippen LogP contribution < -0.4 is 5.73 Å². The average molecular weight is 268 g/mol. The molecule has 1 heterocycles. The third-order valence-corrected chi connectivity index (χ3v) is 5.60. The summed E-state index contributed by atoms with van der Waals surface area (Å²) in [4.78, 5) is 0.370. The predicted molar refractivity (Wildman–Crippen MR) is 71.6 cm³/mol. The van der Waals surface area contributed by atoms with Crippen molar-refractivity contribution in [2.45, 2.75) is 30.7 Å². The fourth-order valence-corrected chi connectivity index (χ4v) is 4.16. The van der Waals surface area contributed by atoms with Crippen LogP contribution in [0.25, 0.3) is 0 Å². The fourth-order valence-electron chi connectivity index (χ4n) is 2.40. The number of hydrogen-bond acceptors (Lipinski definition) is 3. The molecule has 1 aliphatic rings. The van der Waals surface area contributed by atoms with Gasteiger partial charge in [-0.1, -0.05) is 18.2 Å². The molecule has 100 valence electrons. The zero-order chi connectivity index (χ0) is 13.2. The summed E-state index contributed by atoms with van der Waals surface area (Å²) in [7, 11) is -3.38. The van der Waals surface area contributed by atoms with Crippen molar-refractivity contribution in [2.75, 3.05) is 13.1 Å². The molecule has 0 spiro atoms. The Kier molecular flexibility index (Phi) is 4.04. The summed E-state index contributed by atoms with van der Waals surface area (Å²) in [5, 5.41) is 0. The molecule has 5 heteroatoms. The minimum absolute atomic E-state index is 0.0537. The Hall–Kier alpha value is -0.910. The van der Waals surface area contributed by atoms with Crippen LogP contribution in [0.1, 0.15) is 19.8 Å². The van der Waals surface area contributed by atoms with E-state index in [9.17, 15) is 8.42 Å². The molecule has 2 rings (SSSR count). The van der Waals surface area contributed by atoms with Crippen LogP contribution in [0.15, 0.2) is 35.2 Å². The van der Waals surface area contributed by atoms with Gasteiger partial charge >= 0.3 is 0 Å². The van der Waals surface area contributed by atoms with Gasteiger partial charge in [0.15, 0.2) is 0 Å². The zero-order valence-electron chi connectivity index (χ0n) is 10.6. The molecule has 0 saturated carbocycles. The van der Waals surface area contributed by atoms with E-state index < -0.39 is 10.0 Å². The van der Waals surface area contributed by atoms with Crippen molar-refractivity contribution in [3.8, 4) is 0 Å². The lowest BCUT2D eigenvalue weighted by molar-refractivity contribution is 0.211. The van der Waals surface area contributed by atoms with Crippen LogP contribution in [0.4, 0.5) is 0 Å². The summed E-state index contributed by atoms with van der Waals surface area (Å²) < 4.78 is 26.7. The maximum absolute atomic E-state index is 12.5. The quantitative estimate of drug-likeness (QED) is 0.902. The lowest BCUT2D eigenvalue weighted by Crippen LogP contribution is -2.46. The Balaban J connectivity index is 2.29. The molecule has 1 fully saturated rings. The van der Waals surface area contributed by atoms with Crippen molar-refractivity contribution in [3.63, 3.8) is 0 Å². The van der Waals surface area contributed by atoms with E-state index in [-0.39, 0.29) is 12.0 Å². The van der Waals surface area contributed by atoms with Gasteiger partial charge in [0.05, 0.1) is 4.90 Å². The number of nitrogens with zero attached hydrogens (tertiary/aromatic N) is 1. The molecule has 2 unspecified atom stereocenters. The summed E-state index contributed by atoms with van der Waals surface area (Å²) in [6.07, 6.45) is 1.90. The minimum Gasteiger partial charge on any atom is -0.330 e. The molecule has 0 bridgehead atoms. The highest BCUT2D eigenvalue weighted by Crippen LogP contribution is 2.27. The first kappa shape index (κ1) is 13.5. The fraction of sp³-hybridized carbons (Fsp3) is 0.538. The molecular weight excluding hydrogens is 248 g/mol. The van der Waals surface area contributed by atoms with Crippen molar-refractivity contribution in [2.24, 2.45) is 11.7 Å². The number of nitrogens with two attached hydrogens (primary N) is 1. The van der Waals surface area contributed by atoms with Gasteiger partial charge in [-0.25, -0.2) is 8.42 Å². The van der Waals surface area contributed by atoms with E-state index in [2.05, 4.69) is 0 Å². The van der Waals surface area contributed by atoms with Gasteiger partial charge in [-0.3, -0.25) is 0 Å². The second kappa shape index (κ2) is 5.38. The van der Waals surface area contributed by atoms with Gasteiger partial charge in [-0.05, 0) is 44.4 Å². The standard InChI is InChI=1S/C13H20N2O2S/c1-11-7-8-12(9-14)10-15(11)18(16,17)13-5-3-2-4-6-13/h2-6,11-12H,7-10,14H2,1H3. The minimum atomic E-state index is -3.38. The summed E-state index contributed by atoms with van der Waals surface area (Å²) >= 11 is 0. The maximum Gasteiger partial charge on any atom is 0.243 e. The van der Waals surface area contributed by atoms with Crippen molar-refractivity contribution in [1.29, 1.82) is 0 Å². The lowest BCUT2D eigenvalue weighted by Gasteiger charge is -2.36. The summed E-state index contributed by atoms with van der Waals surface area (Å²) in [5.41, 5.74) is 5.67. The Labute approximate surface area is 109 Å². The Bertz CT molecular complexity index is 487. The monoisotopic (exact) mass is 268 g/mol. The number of benzene rings is 1. The average Bonchev–Trinajstić information content (AvgIpc) is 2.40. The van der Waals surface area contributed by atoms with E-state index >= 15 is 0 Å². The number of sulfonamides is 1. The molecular formula is C13H20N2O2S. The smallest absolute Gasteiger partial charge is 0.243 e. The highest BCUT2D eigenvalue weighted by atomic mass is 32.2. The van der Waals surface area contributed by atoms with Crippen LogP contribution in [-0.4, -0.2) is 31.9 Å². The second-order valence-corrected chi connectivity index (χ2v) is 6.81. The molecule has 1 aromatic carbocycles. The predicted octanol–water partition coefficient (Wildman–Crippen LogP) is 1.43. The molecule has 0 radical (unpaired) electrons. The summed E-state index contributed by atoms with van der Waals surface area (Å²) in [6, 6.07) is 8.67. The normalized spacial score (nSPS) is 26.1. The second-order valence-electron chi connectivity index (χ2n) is 4.92. The van der Waals surface area contributed by atoms with Crippen LogP contribution >= 0.6 is 0 Å². The van der Waals surface area contributed by atoms with E-state index in [0.29, 0.717) is 18.0 Å². The van der Waals surface area contributed by atoms with Crippen molar-refractivity contribution in [3.05, 3.63) is 30.3 Å². The third kappa shape index (κ3) is 2.58. The Morgan fingerprint density at radius 1 is 1.28 bits per heavy atom. The van der Waals surface area contributed by atoms with Gasteiger partial charge in [0.25, 0.3) is 0 Å². The van der Waals surface area contributed by atoms with Crippen LogP contribution in [0, 0.1) is 5.92 Å². The molecule has 0 aromatic heterocycles. The number of rotatable bonds is 3. The Morgan fingerprint density at radius 3 is 2.56 bits per heavy atom. The zero-order valence-corrected chi connectivity index (χ0v) is 11.4. The van der Waals surface area contributed by atoms with E-state index in [1.54, 1.807) is 28.6 Å². The SMILES string of the molecule is CC1CCC(CN)CN1S(=O)(=O)c1ccccc1. The van der Waals surface area contributed by atoms with Crippen LogP contribution in [0.3, 0.4) is 0 Å². The molecule has 0 aliphatic carbocycles. The van der Waals surface area contributed by atoms with Crippen LogP contribution in [0.5, 0.6) is 0 Å². The highest BCUT2D eigenvalue weighted by molar-refractivity contribution is 7.89. The largest absolute Gasteiger partial charge is 0.330 e. The summed E-state index contributed by atoms with van der Waals surface area (Å²) in [6.45, 7) is 3.05. The first-order valence-electron chi connectivity index (χ1n) is 6.32. The molecule has 0 amide bonds. The Morgan fingerprint density at radius 2 is 1.94 bits per heavy atom. The van der Waals surface area contributed by atoms with Gasteiger partial charge in [-0.15, -0.1) is 0 Å². The molecule has 18 heavy (non-hydrogen) atoms. The topological polar surface area (TPSA) is 63.4 Å². The lowest BCUT2D eigenvalue weighted by atomic mass is 9.96. The van der Waals surface area contributed by atoms with Gasteiger partial charge in [0.2, 0.25) is 10.0 Å². The van der Waals surface area contributed by atoms with Crippen molar-refractivity contribution in [1.82, 2.24) is 4.31 Å². The molecule has 2 N–H and O–H groups in total. The summed E-state index contributed by atoms with van der Waals surface area (Å²) in [5.74, 6) is 0.277. The van der Waals surface area contributed by atoms with E-state index in [0.717, 1.165) is 12.8 Å². The molecule has 4 nitrogen and oxygen atoms in total. The molecule has 1 aromatic rings. The first-order chi connectivity index (χ1) is 8.55. The van der Waals surface area contributed by atoms with Gasteiger partial charge in [-0.2, -0.15) is 4.31 Å². The number of hydrogen-bond donors (Lipinski definition) is 1. The van der Waals surface area contributed by atoms with Gasteiger partial charge < -0.3 is 5.73 Å².